The summed E-state index contributed by atoms with van der Waals surface area (Å²) in [5, 5.41) is 18.5. The number of halogens is 6. The number of hydrogen-bond acceptors (Lipinski definition) is 7. The van der Waals surface area contributed by atoms with Crippen molar-refractivity contribution in [2.45, 2.75) is 50.0 Å². The summed E-state index contributed by atoms with van der Waals surface area (Å²) in [5.41, 5.74) is 1.25. The molecule has 37 heavy (non-hydrogen) atoms. The first-order valence-corrected chi connectivity index (χ1v) is 10.7. The van der Waals surface area contributed by atoms with Crippen molar-refractivity contribution in [1.82, 2.24) is 19.7 Å². The largest absolute Gasteiger partial charge is 0.490 e. The fourth-order valence-electron chi connectivity index (χ4n) is 3.67. The van der Waals surface area contributed by atoms with Crippen LogP contribution in [0.15, 0.2) is 36.8 Å². The van der Waals surface area contributed by atoms with Crippen LogP contribution in [0.5, 0.6) is 5.88 Å². The SMILES string of the molecule is Cn1cc(CN2CCO[C@H]3[C@H](Oc4ccccn4)CC[C@@H]32)cn1.O=C(O)C(F)(F)F.O=C(O)C(F)(F)F. The molecule has 0 aromatic carbocycles. The highest BCUT2D eigenvalue weighted by Gasteiger charge is 2.44. The number of aromatic nitrogens is 3. The maximum Gasteiger partial charge on any atom is 0.490 e. The van der Waals surface area contributed by atoms with Gasteiger partial charge in [0.2, 0.25) is 5.88 Å². The van der Waals surface area contributed by atoms with Gasteiger partial charge >= 0.3 is 24.3 Å². The van der Waals surface area contributed by atoms with Gasteiger partial charge in [0.05, 0.1) is 12.8 Å². The van der Waals surface area contributed by atoms with Crippen molar-refractivity contribution in [3.63, 3.8) is 0 Å². The van der Waals surface area contributed by atoms with Crippen LogP contribution in [0, 0.1) is 0 Å². The van der Waals surface area contributed by atoms with Crippen molar-refractivity contribution >= 4 is 11.9 Å². The van der Waals surface area contributed by atoms with Gasteiger partial charge in [-0.05, 0) is 18.9 Å². The van der Waals surface area contributed by atoms with Gasteiger partial charge in [0.1, 0.15) is 12.2 Å². The van der Waals surface area contributed by atoms with E-state index >= 15 is 0 Å². The Balaban J connectivity index is 0.000000286. The number of carboxylic acids is 2. The number of nitrogens with zero attached hydrogens (tertiary/aromatic N) is 4. The van der Waals surface area contributed by atoms with Crippen LogP contribution in [0.4, 0.5) is 26.3 Å². The Bertz CT molecular complexity index is 993. The van der Waals surface area contributed by atoms with E-state index in [9.17, 15) is 26.3 Å². The van der Waals surface area contributed by atoms with Gasteiger partial charge in [-0.15, -0.1) is 0 Å². The maximum absolute atomic E-state index is 10.6. The number of rotatable bonds is 4. The Labute approximate surface area is 206 Å². The van der Waals surface area contributed by atoms with Crippen molar-refractivity contribution in [3.05, 3.63) is 42.4 Å². The van der Waals surface area contributed by atoms with Crippen molar-refractivity contribution < 1.29 is 55.6 Å². The molecule has 16 heteroatoms. The van der Waals surface area contributed by atoms with Crippen molar-refractivity contribution in [2.24, 2.45) is 7.05 Å². The third kappa shape index (κ3) is 9.53. The topological polar surface area (TPSA) is 127 Å². The van der Waals surface area contributed by atoms with Crippen molar-refractivity contribution in [3.8, 4) is 5.88 Å². The van der Waals surface area contributed by atoms with E-state index in [1.54, 1.807) is 6.20 Å². The molecule has 1 saturated heterocycles. The minimum Gasteiger partial charge on any atom is -0.475 e. The quantitative estimate of drug-likeness (QED) is 0.561. The summed E-state index contributed by atoms with van der Waals surface area (Å²) in [4.78, 5) is 24.6. The molecule has 4 rings (SSSR count). The molecule has 1 saturated carbocycles. The predicted molar refractivity (Wildman–Crippen MR) is 112 cm³/mol. The van der Waals surface area contributed by atoms with Crippen LogP contribution < -0.4 is 4.74 Å². The summed E-state index contributed by atoms with van der Waals surface area (Å²) in [7, 11) is 1.96. The summed E-state index contributed by atoms with van der Waals surface area (Å²) in [6.07, 6.45) is -2.05. The molecule has 1 aliphatic carbocycles. The fraction of sp³-hybridized carbons (Fsp3) is 0.524. The van der Waals surface area contributed by atoms with E-state index in [-0.39, 0.29) is 12.2 Å². The third-order valence-electron chi connectivity index (χ3n) is 5.19. The van der Waals surface area contributed by atoms with E-state index in [1.165, 1.54) is 5.56 Å². The van der Waals surface area contributed by atoms with E-state index in [0.29, 0.717) is 11.9 Å². The Morgan fingerprint density at radius 1 is 1.11 bits per heavy atom. The Morgan fingerprint density at radius 3 is 2.22 bits per heavy atom. The zero-order valence-corrected chi connectivity index (χ0v) is 19.3. The molecule has 2 aromatic heterocycles. The lowest BCUT2D eigenvalue weighted by Crippen LogP contribution is -2.51. The first-order valence-electron chi connectivity index (χ1n) is 10.7. The first-order chi connectivity index (χ1) is 17.2. The van der Waals surface area contributed by atoms with Gasteiger partial charge in [0.25, 0.3) is 0 Å². The summed E-state index contributed by atoms with van der Waals surface area (Å²) in [6.45, 7) is 2.64. The van der Waals surface area contributed by atoms with E-state index in [4.69, 9.17) is 29.3 Å². The monoisotopic (exact) mass is 542 g/mol. The zero-order valence-electron chi connectivity index (χ0n) is 19.3. The minimum absolute atomic E-state index is 0.0894. The van der Waals surface area contributed by atoms with Gasteiger partial charge in [0, 0.05) is 50.2 Å². The van der Waals surface area contributed by atoms with Crippen LogP contribution in [0.25, 0.3) is 0 Å². The van der Waals surface area contributed by atoms with Crippen LogP contribution in [0.2, 0.25) is 0 Å². The average Bonchev–Trinajstić information content (AvgIpc) is 3.40. The van der Waals surface area contributed by atoms with Crippen LogP contribution in [-0.4, -0.2) is 85.6 Å². The maximum atomic E-state index is 10.6. The summed E-state index contributed by atoms with van der Waals surface area (Å²) >= 11 is 0. The highest BCUT2D eigenvalue weighted by Crippen LogP contribution is 2.33. The highest BCUT2D eigenvalue weighted by atomic mass is 19.4. The molecule has 1 aliphatic heterocycles. The molecule has 206 valence electrons. The third-order valence-corrected chi connectivity index (χ3v) is 5.19. The van der Waals surface area contributed by atoms with Crippen LogP contribution in [0.3, 0.4) is 0 Å². The Morgan fingerprint density at radius 2 is 1.73 bits per heavy atom. The molecule has 0 radical (unpaired) electrons. The van der Waals surface area contributed by atoms with Gasteiger partial charge in [0.15, 0.2) is 0 Å². The Kier molecular flexibility index (Phi) is 10.2. The number of alkyl halides is 6. The number of pyridine rings is 1. The molecule has 3 atom stereocenters. The second-order valence-electron chi connectivity index (χ2n) is 7.90. The molecule has 3 heterocycles. The number of aliphatic carboxylic acids is 2. The summed E-state index contributed by atoms with van der Waals surface area (Å²) in [5.74, 6) is -4.83. The normalized spacial score (nSPS) is 21.5. The van der Waals surface area contributed by atoms with Gasteiger partial charge in [-0.1, -0.05) is 6.07 Å². The van der Waals surface area contributed by atoms with Crippen LogP contribution >= 0.6 is 0 Å². The summed E-state index contributed by atoms with van der Waals surface area (Å²) < 4.78 is 77.4. The van der Waals surface area contributed by atoms with E-state index < -0.39 is 24.3 Å². The standard InChI is InChI=1S/C17H22N4O2.2C2HF3O2/c1-20-11-13(10-19-20)12-21-8-9-22-17-14(21)5-6-15(17)23-16-4-2-3-7-18-16;2*3-2(4,5)1(6)7/h2-4,7,10-11,14-15,17H,5-6,8-9,12H2,1H3;2*(H,6,7)/t14-,15+,17+;;/m0../s1. The first kappa shape index (κ1) is 29.8. The van der Waals surface area contributed by atoms with Gasteiger partial charge < -0.3 is 19.7 Å². The minimum atomic E-state index is -5.08. The number of carbonyl (C=O) groups is 2. The molecule has 0 unspecified atom stereocenters. The highest BCUT2D eigenvalue weighted by molar-refractivity contribution is 5.73. The second-order valence-corrected chi connectivity index (χ2v) is 7.90. The van der Waals surface area contributed by atoms with E-state index in [1.807, 2.05) is 36.1 Å². The van der Waals surface area contributed by atoms with Gasteiger partial charge in [-0.25, -0.2) is 14.6 Å². The van der Waals surface area contributed by atoms with Crippen LogP contribution in [0.1, 0.15) is 18.4 Å². The lowest BCUT2D eigenvalue weighted by atomic mass is 10.1. The number of hydrogen-bond donors (Lipinski definition) is 2. The van der Waals surface area contributed by atoms with Gasteiger partial charge in [-0.2, -0.15) is 31.4 Å². The second kappa shape index (κ2) is 12.7. The number of morpholine rings is 1. The van der Waals surface area contributed by atoms with E-state index in [0.717, 1.165) is 32.5 Å². The Hall–Kier alpha value is -3.40. The molecule has 2 aromatic rings. The molecule has 0 bridgehead atoms. The molecule has 2 N–H and O–H groups in total. The van der Waals surface area contributed by atoms with Gasteiger partial charge in [-0.3, -0.25) is 9.58 Å². The average molecular weight is 542 g/mol. The molecular formula is C21H24F6N4O6. The number of ether oxygens (including phenoxy) is 2. The lowest BCUT2D eigenvalue weighted by Gasteiger charge is -2.38. The molecule has 2 aliphatic rings. The predicted octanol–water partition coefficient (Wildman–Crippen LogP) is 2.89. The molecule has 0 amide bonds. The van der Waals surface area contributed by atoms with Crippen molar-refractivity contribution in [1.29, 1.82) is 0 Å². The number of carboxylic acid groups (broad SMARTS) is 2. The smallest absolute Gasteiger partial charge is 0.475 e. The molecular weight excluding hydrogens is 518 g/mol. The number of fused-ring (bicyclic) bond motifs is 1. The molecule has 2 fully saturated rings. The summed E-state index contributed by atoms with van der Waals surface area (Å²) in [6, 6.07) is 6.17. The zero-order chi connectivity index (χ0) is 27.8. The van der Waals surface area contributed by atoms with Crippen LogP contribution in [-0.2, 0) is 27.9 Å². The van der Waals surface area contributed by atoms with Crippen molar-refractivity contribution in [2.75, 3.05) is 13.2 Å². The van der Waals surface area contributed by atoms with E-state index in [2.05, 4.69) is 21.2 Å². The number of aryl methyl sites for hydroxylation is 1. The molecule has 10 nitrogen and oxygen atoms in total. The lowest BCUT2D eigenvalue weighted by molar-refractivity contribution is -0.193. The fourth-order valence-corrected chi connectivity index (χ4v) is 3.67. The molecule has 0 spiro atoms.